The molecule has 5 heteroatoms. The van der Waals surface area contributed by atoms with Crippen molar-refractivity contribution in [2.24, 2.45) is 5.92 Å². The van der Waals surface area contributed by atoms with E-state index >= 15 is 0 Å². The quantitative estimate of drug-likeness (QED) is 0.897. The van der Waals surface area contributed by atoms with Crippen molar-refractivity contribution < 1.29 is 9.53 Å². The Morgan fingerprint density at radius 3 is 2.86 bits per heavy atom. The number of rotatable bonds is 5. The summed E-state index contributed by atoms with van der Waals surface area (Å²) in [6.07, 6.45) is 5.54. The van der Waals surface area contributed by atoms with Gasteiger partial charge >= 0.3 is 0 Å². The van der Waals surface area contributed by atoms with Gasteiger partial charge in [-0.2, -0.15) is 0 Å². The van der Waals surface area contributed by atoms with Crippen LogP contribution in [0.15, 0.2) is 35.2 Å². The molecule has 2 aromatic rings. The fraction of sp³-hybridized carbons (Fsp3) is 0.412. The molecule has 1 amide bonds. The number of aromatic nitrogens is 1. The Balaban J connectivity index is 1.64. The second-order valence-corrected chi connectivity index (χ2v) is 6.31. The third kappa shape index (κ3) is 3.85. The molecule has 0 radical (unpaired) electrons. The van der Waals surface area contributed by atoms with Crippen LogP contribution in [0, 0.1) is 5.92 Å². The first-order chi connectivity index (χ1) is 10.8. The molecule has 0 unspecified atom stereocenters. The smallest absolute Gasteiger partial charge is 0.227 e. The average molecular weight is 316 g/mol. The summed E-state index contributed by atoms with van der Waals surface area (Å²) in [4.78, 5) is 16.6. The van der Waals surface area contributed by atoms with Crippen molar-refractivity contribution in [1.29, 1.82) is 0 Å². The highest BCUT2D eigenvalue weighted by atomic mass is 32.1. The maximum atomic E-state index is 12.4. The molecule has 4 nitrogen and oxygen atoms in total. The summed E-state index contributed by atoms with van der Waals surface area (Å²) in [5.41, 5.74) is 3.43. The number of carbonyl (C=O) groups is 1. The number of ether oxygens (including phenoxy) is 1. The first kappa shape index (κ1) is 15.0. The SMILES string of the molecule is O=C(Nc1ccccc1OCc1cscn1)C1CCCCC1. The van der Waals surface area contributed by atoms with E-state index in [-0.39, 0.29) is 11.8 Å². The van der Waals surface area contributed by atoms with Gasteiger partial charge in [-0.25, -0.2) is 4.98 Å². The minimum Gasteiger partial charge on any atom is -0.485 e. The topological polar surface area (TPSA) is 51.2 Å². The zero-order valence-corrected chi connectivity index (χ0v) is 13.3. The van der Waals surface area contributed by atoms with Gasteiger partial charge in [-0.15, -0.1) is 11.3 Å². The Morgan fingerprint density at radius 2 is 2.09 bits per heavy atom. The van der Waals surface area contributed by atoms with Crippen LogP contribution >= 0.6 is 11.3 Å². The van der Waals surface area contributed by atoms with E-state index in [1.807, 2.05) is 29.6 Å². The Morgan fingerprint density at radius 1 is 1.27 bits per heavy atom. The van der Waals surface area contributed by atoms with Crippen LogP contribution in [0.3, 0.4) is 0 Å². The first-order valence-electron chi connectivity index (χ1n) is 7.72. The highest BCUT2D eigenvalue weighted by Gasteiger charge is 2.21. The van der Waals surface area contributed by atoms with Crippen molar-refractivity contribution in [2.45, 2.75) is 38.7 Å². The lowest BCUT2D eigenvalue weighted by atomic mass is 9.88. The van der Waals surface area contributed by atoms with E-state index < -0.39 is 0 Å². The van der Waals surface area contributed by atoms with Gasteiger partial charge in [0.2, 0.25) is 5.91 Å². The average Bonchev–Trinajstić information content (AvgIpc) is 3.08. The number of amides is 1. The third-order valence-corrected chi connectivity index (χ3v) is 4.62. The van der Waals surface area contributed by atoms with Crippen molar-refractivity contribution in [1.82, 2.24) is 4.98 Å². The molecule has 1 N–H and O–H groups in total. The number of hydrogen-bond acceptors (Lipinski definition) is 4. The second kappa shape index (κ2) is 7.40. The number of anilines is 1. The zero-order chi connectivity index (χ0) is 15.2. The number of nitrogens with zero attached hydrogens (tertiary/aromatic N) is 1. The predicted molar refractivity (Wildman–Crippen MR) is 88.1 cm³/mol. The van der Waals surface area contributed by atoms with E-state index in [4.69, 9.17) is 4.74 Å². The molecule has 22 heavy (non-hydrogen) atoms. The maximum absolute atomic E-state index is 12.4. The fourth-order valence-corrected chi connectivity index (χ4v) is 3.30. The van der Waals surface area contributed by atoms with Crippen molar-refractivity contribution in [3.63, 3.8) is 0 Å². The van der Waals surface area contributed by atoms with Gasteiger partial charge < -0.3 is 10.1 Å². The van der Waals surface area contributed by atoms with Crippen LogP contribution in [0.1, 0.15) is 37.8 Å². The van der Waals surface area contributed by atoms with Gasteiger partial charge in [0, 0.05) is 11.3 Å². The summed E-state index contributed by atoms with van der Waals surface area (Å²) in [5.74, 6) is 0.949. The standard InChI is InChI=1S/C17H20N2O2S/c20-17(13-6-2-1-3-7-13)19-15-8-4-5-9-16(15)21-10-14-11-22-12-18-14/h4-5,8-9,11-13H,1-3,6-7,10H2,(H,19,20). The van der Waals surface area contributed by atoms with Crippen molar-refractivity contribution >= 4 is 22.9 Å². The molecule has 0 spiro atoms. The summed E-state index contributed by atoms with van der Waals surface area (Å²) < 4.78 is 5.80. The Bertz CT molecular complexity index is 607. The Labute approximate surface area is 134 Å². The van der Waals surface area contributed by atoms with E-state index in [2.05, 4.69) is 10.3 Å². The summed E-state index contributed by atoms with van der Waals surface area (Å²) >= 11 is 1.55. The second-order valence-electron chi connectivity index (χ2n) is 5.59. The summed E-state index contributed by atoms with van der Waals surface area (Å²) in [6, 6.07) is 7.58. The molecule has 0 atom stereocenters. The monoisotopic (exact) mass is 316 g/mol. The molecule has 1 aromatic carbocycles. The third-order valence-electron chi connectivity index (χ3n) is 3.98. The maximum Gasteiger partial charge on any atom is 0.227 e. The van der Waals surface area contributed by atoms with Crippen LogP contribution in [-0.4, -0.2) is 10.9 Å². The number of hydrogen-bond donors (Lipinski definition) is 1. The van der Waals surface area contributed by atoms with Crippen LogP contribution in [0.4, 0.5) is 5.69 Å². The number of carbonyl (C=O) groups excluding carboxylic acids is 1. The minimum absolute atomic E-state index is 0.115. The van der Waals surface area contributed by atoms with E-state index in [0.717, 1.165) is 37.1 Å². The predicted octanol–water partition coefficient (Wildman–Crippen LogP) is 4.24. The summed E-state index contributed by atoms with van der Waals surface area (Å²) in [6.45, 7) is 0.416. The molecule has 0 bridgehead atoms. The molecule has 1 aromatic heterocycles. The lowest BCUT2D eigenvalue weighted by molar-refractivity contribution is -0.120. The molecule has 1 aliphatic rings. The highest BCUT2D eigenvalue weighted by molar-refractivity contribution is 7.07. The fourth-order valence-electron chi connectivity index (χ4n) is 2.76. The molecule has 1 saturated carbocycles. The number of thiazole rings is 1. The number of para-hydroxylation sites is 2. The van der Waals surface area contributed by atoms with Crippen LogP contribution < -0.4 is 10.1 Å². The molecule has 1 heterocycles. The molecule has 1 aliphatic carbocycles. The van der Waals surface area contributed by atoms with Gasteiger partial charge in [0.25, 0.3) is 0 Å². The van der Waals surface area contributed by atoms with Gasteiger partial charge in [-0.3, -0.25) is 4.79 Å². The van der Waals surface area contributed by atoms with E-state index in [0.29, 0.717) is 12.4 Å². The van der Waals surface area contributed by atoms with Gasteiger partial charge in [0.1, 0.15) is 12.4 Å². The highest BCUT2D eigenvalue weighted by Crippen LogP contribution is 2.28. The Hall–Kier alpha value is -1.88. The minimum atomic E-state index is 0.115. The van der Waals surface area contributed by atoms with Gasteiger partial charge in [-0.1, -0.05) is 31.4 Å². The van der Waals surface area contributed by atoms with Gasteiger partial charge in [0.05, 0.1) is 16.9 Å². The van der Waals surface area contributed by atoms with Crippen molar-refractivity contribution in [3.05, 3.63) is 40.8 Å². The molecule has 0 aliphatic heterocycles. The summed E-state index contributed by atoms with van der Waals surface area (Å²) in [5, 5.41) is 4.99. The van der Waals surface area contributed by atoms with Crippen LogP contribution in [0.25, 0.3) is 0 Å². The largest absolute Gasteiger partial charge is 0.485 e. The lowest BCUT2D eigenvalue weighted by Gasteiger charge is -2.21. The van der Waals surface area contributed by atoms with Crippen LogP contribution in [-0.2, 0) is 11.4 Å². The van der Waals surface area contributed by atoms with E-state index in [1.54, 1.807) is 16.8 Å². The molecular formula is C17H20N2O2S. The normalized spacial score (nSPS) is 15.5. The number of benzene rings is 1. The molecule has 0 saturated heterocycles. The van der Waals surface area contributed by atoms with Gasteiger partial charge in [-0.05, 0) is 25.0 Å². The Kier molecular flexibility index (Phi) is 5.06. The first-order valence-corrected chi connectivity index (χ1v) is 8.67. The molecule has 116 valence electrons. The molecule has 3 rings (SSSR count). The zero-order valence-electron chi connectivity index (χ0n) is 12.5. The molecular weight excluding hydrogens is 296 g/mol. The van der Waals surface area contributed by atoms with E-state index in [9.17, 15) is 4.79 Å². The van der Waals surface area contributed by atoms with Crippen LogP contribution in [0.2, 0.25) is 0 Å². The van der Waals surface area contributed by atoms with Crippen molar-refractivity contribution in [3.8, 4) is 5.75 Å². The summed E-state index contributed by atoms with van der Waals surface area (Å²) in [7, 11) is 0. The lowest BCUT2D eigenvalue weighted by Crippen LogP contribution is -2.24. The van der Waals surface area contributed by atoms with Crippen LogP contribution in [0.5, 0.6) is 5.75 Å². The van der Waals surface area contributed by atoms with Gasteiger partial charge in [0.15, 0.2) is 0 Å². The molecule has 1 fully saturated rings. The van der Waals surface area contributed by atoms with E-state index in [1.165, 1.54) is 6.42 Å². The van der Waals surface area contributed by atoms with Crippen molar-refractivity contribution in [2.75, 3.05) is 5.32 Å². The number of nitrogens with one attached hydrogen (secondary N) is 1.